The molecule has 0 amide bonds. The van der Waals surface area contributed by atoms with Crippen LogP contribution >= 0.6 is 11.6 Å². The van der Waals surface area contributed by atoms with Gasteiger partial charge in [-0.2, -0.15) is 0 Å². The maximum absolute atomic E-state index is 6.39. The van der Waals surface area contributed by atoms with E-state index in [2.05, 4.69) is 109 Å². The Morgan fingerprint density at radius 2 is 1.13 bits per heavy atom. The van der Waals surface area contributed by atoms with Gasteiger partial charge in [0.15, 0.2) is 0 Å². The molecule has 6 rings (SSSR count). The Labute approximate surface area is 186 Å². The molecule has 0 nitrogen and oxygen atoms in total. The smallest absolute Gasteiger partial charge is 0.0412 e. The summed E-state index contributed by atoms with van der Waals surface area (Å²) < 4.78 is 0. The third-order valence-electron chi connectivity index (χ3n) is 6.10. The van der Waals surface area contributed by atoms with Gasteiger partial charge in [-0.25, -0.2) is 0 Å². The van der Waals surface area contributed by atoms with E-state index in [9.17, 15) is 0 Å². The van der Waals surface area contributed by atoms with Gasteiger partial charge in [0, 0.05) is 5.02 Å². The Kier molecular flexibility index (Phi) is 4.26. The molecular formula is C30H19Cl. The standard InChI is InChI=1S/C30H19Cl/c31-23-15-17-25-22(18-23)19-29(30-26-12-5-4-10-21(26)14-16-28(25)30)27-13-7-6-11-24(27)20-8-2-1-3-9-20/h1-19H. The Morgan fingerprint density at radius 3 is 2.00 bits per heavy atom. The highest BCUT2D eigenvalue weighted by Gasteiger charge is 2.15. The van der Waals surface area contributed by atoms with Crippen LogP contribution in [0.25, 0.3) is 54.6 Å². The number of hydrogen-bond acceptors (Lipinski definition) is 0. The fraction of sp³-hybridized carbons (Fsp3) is 0. The molecule has 0 bridgehead atoms. The van der Waals surface area contributed by atoms with Crippen LogP contribution in [0.3, 0.4) is 0 Å². The first-order chi connectivity index (χ1) is 15.3. The molecule has 0 saturated heterocycles. The van der Waals surface area contributed by atoms with Gasteiger partial charge in [-0.1, -0.05) is 109 Å². The van der Waals surface area contributed by atoms with Crippen molar-refractivity contribution < 1.29 is 0 Å². The normalized spacial score (nSPS) is 11.4. The minimum Gasteiger partial charge on any atom is -0.0843 e. The molecule has 0 radical (unpaired) electrons. The van der Waals surface area contributed by atoms with E-state index < -0.39 is 0 Å². The average Bonchev–Trinajstić information content (AvgIpc) is 2.83. The van der Waals surface area contributed by atoms with Crippen molar-refractivity contribution in [1.29, 1.82) is 0 Å². The Bertz CT molecular complexity index is 1580. The highest BCUT2D eigenvalue weighted by atomic mass is 35.5. The van der Waals surface area contributed by atoms with Gasteiger partial charge >= 0.3 is 0 Å². The summed E-state index contributed by atoms with van der Waals surface area (Å²) in [6, 6.07) is 40.9. The summed E-state index contributed by atoms with van der Waals surface area (Å²) >= 11 is 6.39. The van der Waals surface area contributed by atoms with Crippen LogP contribution in [0.4, 0.5) is 0 Å². The van der Waals surface area contributed by atoms with Crippen LogP contribution in [0.1, 0.15) is 0 Å². The number of hydrogen-bond donors (Lipinski definition) is 0. The zero-order valence-corrected chi connectivity index (χ0v) is 17.6. The van der Waals surface area contributed by atoms with Gasteiger partial charge in [0.2, 0.25) is 0 Å². The fourth-order valence-corrected chi connectivity index (χ4v) is 4.89. The molecule has 0 aromatic heterocycles. The van der Waals surface area contributed by atoms with E-state index in [0.29, 0.717) is 0 Å². The van der Waals surface area contributed by atoms with Crippen LogP contribution in [-0.2, 0) is 0 Å². The lowest BCUT2D eigenvalue weighted by Crippen LogP contribution is -1.90. The second-order valence-electron chi connectivity index (χ2n) is 7.91. The van der Waals surface area contributed by atoms with E-state index in [1.165, 1.54) is 49.2 Å². The molecule has 0 N–H and O–H groups in total. The quantitative estimate of drug-likeness (QED) is 0.248. The first kappa shape index (κ1) is 18.2. The molecule has 6 aromatic carbocycles. The van der Waals surface area contributed by atoms with Crippen LogP contribution < -0.4 is 0 Å². The molecule has 0 aliphatic heterocycles. The summed E-state index contributed by atoms with van der Waals surface area (Å²) in [7, 11) is 0. The second-order valence-corrected chi connectivity index (χ2v) is 8.35. The van der Waals surface area contributed by atoms with Crippen molar-refractivity contribution in [2.75, 3.05) is 0 Å². The predicted molar refractivity (Wildman–Crippen MR) is 135 cm³/mol. The first-order valence-electron chi connectivity index (χ1n) is 10.5. The zero-order chi connectivity index (χ0) is 20.8. The lowest BCUT2D eigenvalue weighted by atomic mass is 9.87. The van der Waals surface area contributed by atoms with Gasteiger partial charge in [-0.15, -0.1) is 0 Å². The van der Waals surface area contributed by atoms with E-state index in [1.54, 1.807) is 0 Å². The molecule has 0 unspecified atom stereocenters. The largest absolute Gasteiger partial charge is 0.0843 e. The number of rotatable bonds is 2. The lowest BCUT2D eigenvalue weighted by molar-refractivity contribution is 1.61. The Morgan fingerprint density at radius 1 is 0.419 bits per heavy atom. The van der Waals surface area contributed by atoms with Crippen LogP contribution in [0.5, 0.6) is 0 Å². The lowest BCUT2D eigenvalue weighted by Gasteiger charge is -2.17. The highest BCUT2D eigenvalue weighted by Crippen LogP contribution is 2.42. The second kappa shape index (κ2) is 7.27. The minimum absolute atomic E-state index is 0.759. The Balaban J connectivity index is 1.81. The minimum atomic E-state index is 0.759. The number of benzene rings is 6. The summed E-state index contributed by atoms with van der Waals surface area (Å²) in [6.07, 6.45) is 0. The van der Waals surface area contributed by atoms with Gasteiger partial charge in [0.1, 0.15) is 0 Å². The molecule has 0 saturated carbocycles. The van der Waals surface area contributed by atoms with Gasteiger partial charge in [0.25, 0.3) is 0 Å². The van der Waals surface area contributed by atoms with Crippen LogP contribution in [0, 0.1) is 0 Å². The van der Waals surface area contributed by atoms with Crippen molar-refractivity contribution in [3.8, 4) is 22.3 Å². The third-order valence-corrected chi connectivity index (χ3v) is 6.34. The summed E-state index contributed by atoms with van der Waals surface area (Å²) in [5, 5.41) is 8.22. The molecule has 31 heavy (non-hydrogen) atoms. The first-order valence-corrected chi connectivity index (χ1v) is 10.9. The fourth-order valence-electron chi connectivity index (χ4n) is 4.71. The highest BCUT2D eigenvalue weighted by molar-refractivity contribution is 6.32. The molecule has 1 heteroatoms. The van der Waals surface area contributed by atoms with E-state index >= 15 is 0 Å². The predicted octanol–water partition coefficient (Wildman–Crippen LogP) is 9.13. The van der Waals surface area contributed by atoms with Crippen molar-refractivity contribution >= 4 is 43.9 Å². The maximum atomic E-state index is 6.39. The molecule has 0 aliphatic carbocycles. The van der Waals surface area contributed by atoms with Crippen LogP contribution in [-0.4, -0.2) is 0 Å². The van der Waals surface area contributed by atoms with Crippen LogP contribution in [0.15, 0.2) is 115 Å². The molecule has 0 spiro atoms. The van der Waals surface area contributed by atoms with Gasteiger partial charge < -0.3 is 0 Å². The van der Waals surface area contributed by atoms with E-state index in [4.69, 9.17) is 11.6 Å². The SMILES string of the molecule is Clc1ccc2c(c1)cc(-c1ccccc1-c1ccccc1)c1c3ccccc3ccc21. The number of halogens is 1. The molecule has 6 aromatic rings. The molecule has 0 aliphatic rings. The monoisotopic (exact) mass is 414 g/mol. The zero-order valence-electron chi connectivity index (χ0n) is 16.8. The topological polar surface area (TPSA) is 0 Å². The maximum Gasteiger partial charge on any atom is 0.0412 e. The van der Waals surface area contributed by atoms with Gasteiger partial charge in [-0.3, -0.25) is 0 Å². The Hall–Kier alpha value is -3.61. The third kappa shape index (κ3) is 3.00. The average molecular weight is 415 g/mol. The number of fused-ring (bicyclic) bond motifs is 5. The molecule has 0 fully saturated rings. The van der Waals surface area contributed by atoms with Gasteiger partial charge in [-0.05, 0) is 72.8 Å². The summed E-state index contributed by atoms with van der Waals surface area (Å²) in [6.45, 7) is 0. The van der Waals surface area contributed by atoms with Crippen molar-refractivity contribution in [3.05, 3.63) is 120 Å². The molecule has 0 atom stereocenters. The van der Waals surface area contributed by atoms with Crippen molar-refractivity contribution in [1.82, 2.24) is 0 Å². The molecule has 146 valence electrons. The summed E-state index contributed by atoms with van der Waals surface area (Å²) in [5.74, 6) is 0. The van der Waals surface area contributed by atoms with E-state index in [1.807, 2.05) is 6.07 Å². The summed E-state index contributed by atoms with van der Waals surface area (Å²) in [4.78, 5) is 0. The van der Waals surface area contributed by atoms with E-state index in [0.717, 1.165) is 10.4 Å². The van der Waals surface area contributed by atoms with Crippen molar-refractivity contribution in [2.24, 2.45) is 0 Å². The van der Waals surface area contributed by atoms with Crippen LogP contribution in [0.2, 0.25) is 5.02 Å². The van der Waals surface area contributed by atoms with Crippen molar-refractivity contribution in [2.45, 2.75) is 0 Å². The van der Waals surface area contributed by atoms with Gasteiger partial charge in [0.05, 0.1) is 0 Å². The van der Waals surface area contributed by atoms with Crippen molar-refractivity contribution in [3.63, 3.8) is 0 Å². The van der Waals surface area contributed by atoms with E-state index in [-0.39, 0.29) is 0 Å². The summed E-state index contributed by atoms with van der Waals surface area (Å²) in [5.41, 5.74) is 4.93. The molecule has 0 heterocycles. The molecular weight excluding hydrogens is 396 g/mol.